The Balaban J connectivity index is 2.01. The lowest BCUT2D eigenvalue weighted by atomic mass is 10.4. The normalized spacial score (nSPS) is 19.0. The van der Waals surface area contributed by atoms with E-state index in [9.17, 15) is 0 Å². The molecule has 1 aliphatic heterocycles. The summed E-state index contributed by atoms with van der Waals surface area (Å²) in [6, 6.07) is 0. The van der Waals surface area contributed by atoms with Crippen LogP contribution in [0.25, 0.3) is 0 Å². The molecule has 0 atom stereocenters. The van der Waals surface area contributed by atoms with Crippen LogP contribution in [0.1, 0.15) is 12.8 Å². The van der Waals surface area contributed by atoms with Crippen molar-refractivity contribution in [1.29, 1.82) is 0 Å². The summed E-state index contributed by atoms with van der Waals surface area (Å²) in [5, 5.41) is 1.08. The molecule has 18 heavy (non-hydrogen) atoms. The molecule has 0 aromatic carbocycles. The van der Waals surface area contributed by atoms with Crippen molar-refractivity contribution in [2.75, 3.05) is 71.5 Å². The fraction of sp³-hybridized carbons (Fsp3) is 1.00. The largest absolute Gasteiger partial charge is 0.385 e. The van der Waals surface area contributed by atoms with E-state index in [1.807, 2.05) is 0 Å². The maximum Gasteiger partial charge on any atom is 0.0593 e. The van der Waals surface area contributed by atoms with E-state index in [0.29, 0.717) is 0 Å². The maximum absolute atomic E-state index is 5.61. The van der Waals surface area contributed by atoms with Crippen molar-refractivity contribution in [3.05, 3.63) is 0 Å². The minimum Gasteiger partial charge on any atom is -0.385 e. The number of hydrogen-bond donors (Lipinski definition) is 0. The van der Waals surface area contributed by atoms with E-state index in [-0.39, 0.29) is 0 Å². The van der Waals surface area contributed by atoms with Gasteiger partial charge in [-0.15, -0.1) is 0 Å². The highest BCUT2D eigenvalue weighted by atomic mass is 79.9. The number of halogens is 1. The molecule has 0 N–H and O–H groups in total. The van der Waals surface area contributed by atoms with E-state index >= 15 is 0 Å². The van der Waals surface area contributed by atoms with Crippen LogP contribution in [0.2, 0.25) is 0 Å². The molecule has 0 aromatic heterocycles. The summed E-state index contributed by atoms with van der Waals surface area (Å²) in [6.45, 7) is 9.50. The summed E-state index contributed by atoms with van der Waals surface area (Å²) in [4.78, 5) is 5.05. The Morgan fingerprint density at radius 2 is 1.67 bits per heavy atom. The van der Waals surface area contributed by atoms with E-state index < -0.39 is 0 Å². The van der Waals surface area contributed by atoms with Crippen molar-refractivity contribution in [1.82, 2.24) is 9.80 Å². The van der Waals surface area contributed by atoms with Crippen LogP contribution in [0.4, 0.5) is 0 Å². The molecule has 0 saturated carbocycles. The van der Waals surface area contributed by atoms with Gasteiger partial charge < -0.3 is 14.4 Å². The van der Waals surface area contributed by atoms with Gasteiger partial charge in [0.2, 0.25) is 0 Å². The van der Waals surface area contributed by atoms with E-state index in [1.165, 1.54) is 39.1 Å². The lowest BCUT2D eigenvalue weighted by molar-refractivity contribution is 0.0844. The highest BCUT2D eigenvalue weighted by Gasteiger charge is 2.13. The molecule has 0 amide bonds. The van der Waals surface area contributed by atoms with E-state index in [2.05, 4.69) is 25.7 Å². The third kappa shape index (κ3) is 7.69. The molecule has 1 heterocycles. The Morgan fingerprint density at radius 1 is 0.944 bits per heavy atom. The zero-order valence-corrected chi connectivity index (χ0v) is 13.2. The number of ether oxygens (including phenoxy) is 2. The summed E-state index contributed by atoms with van der Waals surface area (Å²) in [7, 11) is 1.73. The smallest absolute Gasteiger partial charge is 0.0593 e. The number of alkyl halides is 1. The number of hydrogen-bond acceptors (Lipinski definition) is 4. The first-order chi connectivity index (χ1) is 8.86. The van der Waals surface area contributed by atoms with E-state index in [1.54, 1.807) is 7.11 Å². The van der Waals surface area contributed by atoms with Gasteiger partial charge in [0.1, 0.15) is 0 Å². The zero-order valence-electron chi connectivity index (χ0n) is 11.6. The molecule has 4 nitrogen and oxygen atoms in total. The summed E-state index contributed by atoms with van der Waals surface area (Å²) >= 11 is 3.51. The maximum atomic E-state index is 5.61. The highest BCUT2D eigenvalue weighted by Crippen LogP contribution is 2.03. The topological polar surface area (TPSA) is 24.9 Å². The molecule has 1 aliphatic rings. The van der Waals surface area contributed by atoms with E-state index in [0.717, 1.165) is 38.1 Å². The third-order valence-electron chi connectivity index (χ3n) is 3.27. The Labute approximate surface area is 120 Å². The van der Waals surface area contributed by atoms with Gasteiger partial charge in [-0.25, -0.2) is 0 Å². The Morgan fingerprint density at radius 3 is 2.33 bits per heavy atom. The molecule has 1 rings (SSSR count). The van der Waals surface area contributed by atoms with Gasteiger partial charge >= 0.3 is 0 Å². The fourth-order valence-corrected chi connectivity index (χ4v) is 2.69. The number of rotatable bonds is 9. The first kappa shape index (κ1) is 16.4. The van der Waals surface area contributed by atoms with Gasteiger partial charge in [0.15, 0.2) is 0 Å². The van der Waals surface area contributed by atoms with Crippen molar-refractivity contribution < 1.29 is 9.47 Å². The van der Waals surface area contributed by atoms with E-state index in [4.69, 9.17) is 9.47 Å². The summed E-state index contributed by atoms with van der Waals surface area (Å²) in [5.41, 5.74) is 0. The van der Waals surface area contributed by atoms with Crippen molar-refractivity contribution in [2.45, 2.75) is 12.8 Å². The second-order valence-corrected chi connectivity index (χ2v) is 5.48. The van der Waals surface area contributed by atoms with Gasteiger partial charge in [-0.2, -0.15) is 0 Å². The molecule has 0 unspecified atom stereocenters. The molecular formula is C13H27BrN2O2. The van der Waals surface area contributed by atoms with Crippen LogP contribution in [0.3, 0.4) is 0 Å². The first-order valence-corrected chi connectivity index (χ1v) is 8.06. The quantitative estimate of drug-likeness (QED) is 0.474. The van der Waals surface area contributed by atoms with Gasteiger partial charge in [0.25, 0.3) is 0 Å². The van der Waals surface area contributed by atoms with Crippen LogP contribution in [-0.2, 0) is 9.47 Å². The molecule has 0 radical (unpaired) electrons. The van der Waals surface area contributed by atoms with Crippen molar-refractivity contribution in [3.8, 4) is 0 Å². The highest BCUT2D eigenvalue weighted by molar-refractivity contribution is 9.09. The standard InChI is InChI=1S/C13H27BrN2O2/c1-17-11-3-12-18-13-10-16-6-2-5-15(7-4-14)8-9-16/h2-13H2,1H3. The molecule has 0 spiro atoms. The first-order valence-electron chi connectivity index (χ1n) is 6.94. The Hall–Kier alpha value is 0.320. The molecule has 1 fully saturated rings. The third-order valence-corrected chi connectivity index (χ3v) is 3.63. The minimum atomic E-state index is 0.797. The monoisotopic (exact) mass is 322 g/mol. The molecule has 108 valence electrons. The molecule has 0 bridgehead atoms. The fourth-order valence-electron chi connectivity index (χ4n) is 2.19. The zero-order chi connectivity index (χ0) is 13.1. The lowest BCUT2D eigenvalue weighted by Crippen LogP contribution is -2.33. The van der Waals surface area contributed by atoms with Crippen LogP contribution >= 0.6 is 15.9 Å². The average molecular weight is 323 g/mol. The van der Waals surface area contributed by atoms with Gasteiger partial charge in [0, 0.05) is 51.8 Å². The SMILES string of the molecule is COCCCOCCN1CCCN(CCBr)CC1. The molecule has 1 saturated heterocycles. The number of nitrogens with zero attached hydrogens (tertiary/aromatic N) is 2. The van der Waals surface area contributed by atoms with Crippen LogP contribution in [0.15, 0.2) is 0 Å². The molecule has 0 aliphatic carbocycles. The van der Waals surface area contributed by atoms with Gasteiger partial charge in [-0.3, -0.25) is 4.90 Å². The van der Waals surface area contributed by atoms with Crippen LogP contribution < -0.4 is 0 Å². The minimum absolute atomic E-state index is 0.797. The molecule has 0 aromatic rings. The van der Waals surface area contributed by atoms with Crippen molar-refractivity contribution >= 4 is 15.9 Å². The van der Waals surface area contributed by atoms with Crippen LogP contribution in [-0.4, -0.2) is 81.3 Å². The van der Waals surface area contributed by atoms with Crippen molar-refractivity contribution in [2.24, 2.45) is 0 Å². The summed E-state index contributed by atoms with van der Waals surface area (Å²) in [6.07, 6.45) is 2.27. The van der Waals surface area contributed by atoms with Crippen LogP contribution in [0, 0.1) is 0 Å². The molecular weight excluding hydrogens is 296 g/mol. The van der Waals surface area contributed by atoms with Crippen LogP contribution in [0.5, 0.6) is 0 Å². The lowest BCUT2D eigenvalue weighted by Gasteiger charge is -2.21. The predicted molar refractivity (Wildman–Crippen MR) is 78.6 cm³/mol. The Kier molecular flexibility index (Phi) is 10.2. The number of methoxy groups -OCH3 is 1. The molecule has 5 heteroatoms. The average Bonchev–Trinajstić information content (AvgIpc) is 2.60. The Bertz CT molecular complexity index is 196. The second kappa shape index (κ2) is 11.2. The summed E-state index contributed by atoms with van der Waals surface area (Å²) < 4.78 is 10.6. The van der Waals surface area contributed by atoms with Crippen molar-refractivity contribution in [3.63, 3.8) is 0 Å². The van der Waals surface area contributed by atoms with Gasteiger partial charge in [-0.1, -0.05) is 15.9 Å². The van der Waals surface area contributed by atoms with Gasteiger partial charge in [0.05, 0.1) is 6.61 Å². The summed E-state index contributed by atoms with van der Waals surface area (Å²) in [5.74, 6) is 0. The van der Waals surface area contributed by atoms with Gasteiger partial charge in [-0.05, 0) is 25.9 Å². The second-order valence-electron chi connectivity index (χ2n) is 4.68. The predicted octanol–water partition coefficient (Wildman–Crippen LogP) is 1.44.